The van der Waals surface area contributed by atoms with Crippen LogP contribution in [-0.2, 0) is 16.1 Å². The summed E-state index contributed by atoms with van der Waals surface area (Å²) in [5, 5.41) is 8.41. The monoisotopic (exact) mass is 281 g/mol. The van der Waals surface area contributed by atoms with Crippen molar-refractivity contribution >= 4 is 23.6 Å². The van der Waals surface area contributed by atoms with Crippen molar-refractivity contribution < 1.29 is 14.7 Å². The van der Waals surface area contributed by atoms with Crippen LogP contribution in [0.2, 0.25) is 0 Å². The van der Waals surface area contributed by atoms with E-state index in [9.17, 15) is 9.59 Å². The number of benzene rings is 1. The van der Waals surface area contributed by atoms with E-state index in [1.54, 1.807) is 11.9 Å². The maximum atomic E-state index is 11.9. The van der Waals surface area contributed by atoms with E-state index in [0.29, 0.717) is 13.0 Å². The first-order chi connectivity index (χ1) is 9.04. The van der Waals surface area contributed by atoms with E-state index in [-0.39, 0.29) is 11.7 Å². The fraction of sp³-hybridized carbons (Fsp3) is 0.429. The average molecular weight is 281 g/mol. The topological polar surface area (TPSA) is 57.6 Å². The lowest BCUT2D eigenvalue weighted by Gasteiger charge is -2.18. The molecule has 1 amide bonds. The van der Waals surface area contributed by atoms with Crippen molar-refractivity contribution in [2.24, 2.45) is 0 Å². The van der Waals surface area contributed by atoms with Crippen molar-refractivity contribution in [3.05, 3.63) is 35.9 Å². The van der Waals surface area contributed by atoms with Gasteiger partial charge in [-0.1, -0.05) is 37.3 Å². The Bertz CT molecular complexity index is 422. The van der Waals surface area contributed by atoms with Gasteiger partial charge in [-0.2, -0.15) is 0 Å². The second-order valence-electron chi connectivity index (χ2n) is 4.28. The molecule has 19 heavy (non-hydrogen) atoms. The Morgan fingerprint density at radius 3 is 2.47 bits per heavy atom. The minimum Gasteiger partial charge on any atom is -0.480 e. The quantitative estimate of drug-likeness (QED) is 0.832. The van der Waals surface area contributed by atoms with Crippen molar-refractivity contribution in [1.82, 2.24) is 4.90 Å². The highest BCUT2D eigenvalue weighted by Crippen LogP contribution is 2.15. The Morgan fingerprint density at radius 2 is 1.95 bits per heavy atom. The number of carboxylic acid groups (broad SMARTS) is 1. The Kier molecular flexibility index (Phi) is 6.42. The fourth-order valence-electron chi connectivity index (χ4n) is 1.59. The Labute approximate surface area is 117 Å². The maximum Gasteiger partial charge on any atom is 0.316 e. The van der Waals surface area contributed by atoms with E-state index >= 15 is 0 Å². The highest BCUT2D eigenvalue weighted by molar-refractivity contribution is 8.01. The number of hydrogen-bond donors (Lipinski definition) is 1. The smallest absolute Gasteiger partial charge is 0.316 e. The summed E-state index contributed by atoms with van der Waals surface area (Å²) in [6.07, 6.45) is 0.523. The Morgan fingerprint density at radius 1 is 1.32 bits per heavy atom. The second-order valence-corrected chi connectivity index (χ2v) is 5.47. The Balaban J connectivity index is 2.43. The van der Waals surface area contributed by atoms with Crippen molar-refractivity contribution in [3.8, 4) is 0 Å². The summed E-state index contributed by atoms with van der Waals surface area (Å²) in [5.74, 6) is -0.701. The summed E-state index contributed by atoms with van der Waals surface area (Å²) in [5.41, 5.74) is 1.06. The third kappa shape index (κ3) is 5.34. The van der Waals surface area contributed by atoms with E-state index < -0.39 is 11.2 Å². The van der Waals surface area contributed by atoms with Crippen LogP contribution in [-0.4, -0.2) is 39.9 Å². The number of thioether (sulfide) groups is 1. The molecule has 4 nitrogen and oxygen atoms in total. The number of rotatable bonds is 7. The predicted molar refractivity (Wildman–Crippen MR) is 77.1 cm³/mol. The van der Waals surface area contributed by atoms with Gasteiger partial charge in [0.2, 0.25) is 5.91 Å². The van der Waals surface area contributed by atoms with E-state index in [1.807, 2.05) is 37.3 Å². The largest absolute Gasteiger partial charge is 0.480 e. The molecule has 5 heteroatoms. The molecule has 0 fully saturated rings. The van der Waals surface area contributed by atoms with Crippen molar-refractivity contribution in [3.63, 3.8) is 0 Å². The minimum absolute atomic E-state index is 0.0476. The van der Waals surface area contributed by atoms with Gasteiger partial charge in [0, 0.05) is 13.6 Å². The lowest BCUT2D eigenvalue weighted by Crippen LogP contribution is -2.29. The van der Waals surface area contributed by atoms with Gasteiger partial charge < -0.3 is 10.0 Å². The molecular formula is C14H19NO3S. The summed E-state index contributed by atoms with van der Waals surface area (Å²) < 4.78 is 0. The fourth-order valence-corrected chi connectivity index (χ4v) is 2.53. The molecule has 1 rings (SSSR count). The van der Waals surface area contributed by atoms with E-state index in [1.165, 1.54) is 11.8 Å². The van der Waals surface area contributed by atoms with Crippen LogP contribution in [0.3, 0.4) is 0 Å². The first kappa shape index (κ1) is 15.6. The molecule has 0 spiro atoms. The number of carbonyl (C=O) groups is 2. The van der Waals surface area contributed by atoms with E-state index in [4.69, 9.17) is 5.11 Å². The normalized spacial score (nSPS) is 11.9. The minimum atomic E-state index is -0.856. The first-order valence-corrected chi connectivity index (χ1v) is 7.21. The second kappa shape index (κ2) is 7.84. The van der Waals surface area contributed by atoms with Gasteiger partial charge in [-0.05, 0) is 12.0 Å². The van der Waals surface area contributed by atoms with Gasteiger partial charge in [0.15, 0.2) is 0 Å². The third-order valence-corrected chi connectivity index (χ3v) is 4.09. The molecule has 104 valence electrons. The molecule has 0 aliphatic rings. The molecular weight excluding hydrogens is 262 g/mol. The zero-order chi connectivity index (χ0) is 14.3. The SMILES string of the molecule is CCC(SCC(=O)N(C)Cc1ccccc1)C(=O)O. The molecule has 0 bridgehead atoms. The Hall–Kier alpha value is -1.49. The summed E-state index contributed by atoms with van der Waals surface area (Å²) >= 11 is 1.19. The van der Waals surface area contributed by atoms with Crippen molar-refractivity contribution in [1.29, 1.82) is 0 Å². The van der Waals surface area contributed by atoms with Gasteiger partial charge in [0.25, 0.3) is 0 Å². The molecule has 0 saturated carbocycles. The van der Waals surface area contributed by atoms with Crippen molar-refractivity contribution in [2.45, 2.75) is 25.1 Å². The number of hydrogen-bond acceptors (Lipinski definition) is 3. The van der Waals surface area contributed by atoms with Gasteiger partial charge in [0.05, 0.1) is 5.75 Å². The molecule has 1 N–H and O–H groups in total. The van der Waals surface area contributed by atoms with Crippen LogP contribution in [0.1, 0.15) is 18.9 Å². The highest BCUT2D eigenvalue weighted by atomic mass is 32.2. The lowest BCUT2D eigenvalue weighted by molar-refractivity contribution is -0.136. The molecule has 0 aliphatic carbocycles. The number of aliphatic carboxylic acids is 1. The average Bonchev–Trinajstić information content (AvgIpc) is 2.39. The predicted octanol–water partition coefficient (Wildman–Crippen LogP) is 2.24. The van der Waals surface area contributed by atoms with Crippen LogP contribution in [0.15, 0.2) is 30.3 Å². The number of carboxylic acids is 1. The van der Waals surface area contributed by atoms with Crippen LogP contribution in [0.25, 0.3) is 0 Å². The van der Waals surface area contributed by atoms with Gasteiger partial charge in [-0.3, -0.25) is 9.59 Å². The summed E-state index contributed by atoms with van der Waals surface area (Å²) in [6, 6.07) is 9.71. The number of carbonyl (C=O) groups excluding carboxylic acids is 1. The molecule has 1 atom stereocenters. The van der Waals surface area contributed by atoms with Gasteiger partial charge in [-0.25, -0.2) is 0 Å². The van der Waals surface area contributed by atoms with Crippen LogP contribution in [0.4, 0.5) is 0 Å². The third-order valence-electron chi connectivity index (χ3n) is 2.74. The van der Waals surface area contributed by atoms with Crippen LogP contribution >= 0.6 is 11.8 Å². The summed E-state index contributed by atoms with van der Waals surface area (Å²) in [6.45, 7) is 2.36. The molecule has 0 aromatic heterocycles. The van der Waals surface area contributed by atoms with E-state index in [2.05, 4.69) is 0 Å². The molecule has 0 saturated heterocycles. The standard InChI is InChI=1S/C14H19NO3S/c1-3-12(14(17)18)19-10-13(16)15(2)9-11-7-5-4-6-8-11/h4-8,12H,3,9-10H2,1-2H3,(H,17,18). The number of nitrogens with zero attached hydrogens (tertiary/aromatic N) is 1. The van der Waals surface area contributed by atoms with Gasteiger partial charge in [0.1, 0.15) is 5.25 Å². The van der Waals surface area contributed by atoms with Gasteiger partial charge >= 0.3 is 5.97 Å². The van der Waals surface area contributed by atoms with E-state index in [0.717, 1.165) is 5.56 Å². The zero-order valence-electron chi connectivity index (χ0n) is 11.2. The van der Waals surface area contributed by atoms with Crippen LogP contribution < -0.4 is 0 Å². The lowest BCUT2D eigenvalue weighted by atomic mass is 10.2. The van der Waals surface area contributed by atoms with Crippen LogP contribution in [0, 0.1) is 0 Å². The maximum absolute atomic E-state index is 11.9. The molecule has 0 radical (unpaired) electrons. The highest BCUT2D eigenvalue weighted by Gasteiger charge is 2.18. The van der Waals surface area contributed by atoms with Gasteiger partial charge in [-0.15, -0.1) is 11.8 Å². The summed E-state index contributed by atoms with van der Waals surface area (Å²) in [7, 11) is 1.73. The molecule has 1 aromatic rings. The summed E-state index contributed by atoms with van der Waals surface area (Å²) in [4.78, 5) is 24.4. The zero-order valence-corrected chi connectivity index (χ0v) is 12.0. The molecule has 0 heterocycles. The molecule has 1 unspecified atom stereocenters. The molecule has 0 aliphatic heterocycles. The van der Waals surface area contributed by atoms with Crippen molar-refractivity contribution in [2.75, 3.05) is 12.8 Å². The molecule has 1 aromatic carbocycles. The van der Waals surface area contributed by atoms with Crippen LogP contribution in [0.5, 0.6) is 0 Å². The first-order valence-electron chi connectivity index (χ1n) is 6.17. The number of amides is 1.